The van der Waals surface area contributed by atoms with E-state index in [1.54, 1.807) is 43.5 Å². The lowest BCUT2D eigenvalue weighted by Crippen LogP contribution is -1.99. The number of hydrogen-bond donors (Lipinski definition) is 0. The van der Waals surface area contributed by atoms with Crippen LogP contribution in [0.4, 0.5) is 0 Å². The summed E-state index contributed by atoms with van der Waals surface area (Å²) in [5.41, 5.74) is 0.615. The van der Waals surface area contributed by atoms with Crippen LogP contribution in [0.15, 0.2) is 57.8 Å². The molecule has 0 heterocycles. The molecule has 0 amide bonds. The summed E-state index contributed by atoms with van der Waals surface area (Å²) in [6.45, 7) is 2.35. The molecule has 0 aromatic heterocycles. The monoisotopic (exact) mass is 319 g/mol. The van der Waals surface area contributed by atoms with Crippen LogP contribution in [-0.2, 0) is 10.0 Å². The summed E-state index contributed by atoms with van der Waals surface area (Å²) in [6, 6.07) is 13.2. The predicted molar refractivity (Wildman–Crippen MR) is 85.4 cm³/mol. The Morgan fingerprint density at radius 2 is 1.82 bits per heavy atom. The van der Waals surface area contributed by atoms with Gasteiger partial charge in [0.05, 0.1) is 18.6 Å². The molecule has 0 saturated carbocycles. The largest absolute Gasteiger partial charge is 0.493 e. The fourth-order valence-electron chi connectivity index (χ4n) is 1.83. The highest BCUT2D eigenvalue weighted by molar-refractivity contribution is 7.90. The minimum absolute atomic E-state index is 0.157. The van der Waals surface area contributed by atoms with E-state index in [1.165, 1.54) is 18.3 Å². The normalized spacial score (nSPS) is 11.5. The third-order valence-electron chi connectivity index (χ3n) is 2.87. The first-order chi connectivity index (χ1) is 10.6. The van der Waals surface area contributed by atoms with Crippen molar-refractivity contribution in [2.45, 2.75) is 11.8 Å². The first-order valence-electron chi connectivity index (χ1n) is 6.73. The lowest BCUT2D eigenvalue weighted by Gasteiger charge is -2.09. The van der Waals surface area contributed by atoms with E-state index in [4.69, 9.17) is 9.47 Å². The summed E-state index contributed by atoms with van der Waals surface area (Å²) in [5, 5.41) is 0. The fourth-order valence-corrected chi connectivity index (χ4v) is 2.71. The molecule has 0 N–H and O–H groups in total. The summed E-state index contributed by atoms with van der Waals surface area (Å²) in [4.78, 5) is 0.157. The minimum atomic E-state index is -3.70. The van der Waals surface area contributed by atoms with Crippen molar-refractivity contribution in [3.63, 3.8) is 0 Å². The lowest BCUT2D eigenvalue weighted by molar-refractivity contribution is 0.311. The number of hydrogen-bond acceptors (Lipinski definition) is 4. The number of sulfonamides is 1. The van der Waals surface area contributed by atoms with Gasteiger partial charge in [0.2, 0.25) is 0 Å². The predicted octanol–water partition coefficient (Wildman–Crippen LogP) is 2.90. The lowest BCUT2D eigenvalue weighted by atomic mass is 10.2. The van der Waals surface area contributed by atoms with Crippen molar-refractivity contribution in [1.82, 2.24) is 0 Å². The van der Waals surface area contributed by atoms with Crippen LogP contribution in [0.2, 0.25) is 0 Å². The van der Waals surface area contributed by atoms with E-state index < -0.39 is 10.0 Å². The molecule has 0 aliphatic heterocycles. The van der Waals surface area contributed by atoms with Crippen molar-refractivity contribution in [2.75, 3.05) is 13.7 Å². The van der Waals surface area contributed by atoms with Gasteiger partial charge in [-0.05, 0) is 42.8 Å². The number of nitrogens with zero attached hydrogens (tertiary/aromatic N) is 1. The van der Waals surface area contributed by atoms with Gasteiger partial charge in [-0.1, -0.05) is 18.2 Å². The molecule has 0 atom stereocenters. The highest BCUT2D eigenvalue weighted by Gasteiger charge is 2.11. The topological polar surface area (TPSA) is 65.0 Å². The molecule has 0 spiro atoms. The third kappa shape index (κ3) is 3.85. The van der Waals surface area contributed by atoms with Crippen LogP contribution >= 0.6 is 0 Å². The van der Waals surface area contributed by atoms with E-state index in [0.29, 0.717) is 23.7 Å². The Bertz CT molecular complexity index is 755. The summed E-state index contributed by atoms with van der Waals surface area (Å²) < 4.78 is 38.5. The maximum absolute atomic E-state index is 12.1. The first-order valence-corrected chi connectivity index (χ1v) is 8.17. The number of ether oxygens (including phenoxy) is 2. The number of rotatable bonds is 6. The van der Waals surface area contributed by atoms with Gasteiger partial charge in [-0.15, -0.1) is 0 Å². The summed E-state index contributed by atoms with van der Waals surface area (Å²) in [5.74, 6) is 1.14. The van der Waals surface area contributed by atoms with E-state index in [-0.39, 0.29) is 4.90 Å². The Balaban J connectivity index is 2.28. The van der Waals surface area contributed by atoms with Crippen LogP contribution in [-0.4, -0.2) is 28.3 Å². The molecule has 2 rings (SSSR count). The average molecular weight is 319 g/mol. The van der Waals surface area contributed by atoms with E-state index in [1.807, 2.05) is 6.92 Å². The molecule has 6 heteroatoms. The summed E-state index contributed by atoms with van der Waals surface area (Å²) in [7, 11) is -2.15. The van der Waals surface area contributed by atoms with Crippen LogP contribution in [0.25, 0.3) is 0 Å². The average Bonchev–Trinajstić information content (AvgIpc) is 2.54. The Morgan fingerprint density at radius 1 is 1.09 bits per heavy atom. The molecule has 0 unspecified atom stereocenters. The molecule has 0 bridgehead atoms. The number of methoxy groups -OCH3 is 1. The molecule has 116 valence electrons. The standard InChI is InChI=1S/C16H17NO4S/c1-3-21-16-11-13(9-10-15(16)20-2)12-17-22(18,19)14-7-5-4-6-8-14/h4-12H,3H2,1-2H3/b17-12-. The molecule has 0 radical (unpaired) electrons. The fraction of sp³-hybridized carbons (Fsp3) is 0.188. The van der Waals surface area contributed by atoms with Crippen molar-refractivity contribution in [3.05, 3.63) is 54.1 Å². The maximum Gasteiger partial charge on any atom is 0.282 e. The molecule has 22 heavy (non-hydrogen) atoms. The van der Waals surface area contributed by atoms with E-state index >= 15 is 0 Å². The Kier molecular flexibility index (Phi) is 5.16. The molecule has 2 aromatic rings. The van der Waals surface area contributed by atoms with E-state index in [0.717, 1.165) is 0 Å². The Morgan fingerprint density at radius 3 is 2.45 bits per heavy atom. The van der Waals surface area contributed by atoms with Gasteiger partial charge in [0, 0.05) is 6.21 Å². The van der Waals surface area contributed by atoms with Crippen molar-refractivity contribution in [3.8, 4) is 11.5 Å². The summed E-state index contributed by atoms with van der Waals surface area (Å²) in [6.07, 6.45) is 1.30. The van der Waals surface area contributed by atoms with Crippen LogP contribution in [0, 0.1) is 0 Å². The molecule has 0 fully saturated rings. The van der Waals surface area contributed by atoms with Crippen LogP contribution < -0.4 is 9.47 Å². The molecule has 0 aliphatic rings. The summed E-state index contributed by atoms with van der Waals surface area (Å²) >= 11 is 0. The van der Waals surface area contributed by atoms with E-state index in [9.17, 15) is 8.42 Å². The maximum atomic E-state index is 12.1. The molecular weight excluding hydrogens is 302 g/mol. The molecule has 2 aromatic carbocycles. The van der Waals surface area contributed by atoms with Gasteiger partial charge in [-0.25, -0.2) is 0 Å². The van der Waals surface area contributed by atoms with Gasteiger partial charge in [0.1, 0.15) is 0 Å². The second kappa shape index (κ2) is 7.09. The first kappa shape index (κ1) is 16.0. The smallest absolute Gasteiger partial charge is 0.282 e. The zero-order valence-corrected chi connectivity index (χ0v) is 13.2. The van der Waals surface area contributed by atoms with Gasteiger partial charge in [-0.3, -0.25) is 0 Å². The van der Waals surface area contributed by atoms with Gasteiger partial charge < -0.3 is 9.47 Å². The quantitative estimate of drug-likeness (QED) is 0.768. The number of benzene rings is 2. The van der Waals surface area contributed by atoms with Crippen LogP contribution in [0.5, 0.6) is 11.5 Å². The van der Waals surface area contributed by atoms with Crippen molar-refractivity contribution < 1.29 is 17.9 Å². The Labute approximate surface area is 130 Å². The highest BCUT2D eigenvalue weighted by Crippen LogP contribution is 2.27. The van der Waals surface area contributed by atoms with Crippen molar-refractivity contribution in [1.29, 1.82) is 0 Å². The van der Waals surface area contributed by atoms with Crippen molar-refractivity contribution in [2.24, 2.45) is 4.40 Å². The Hall–Kier alpha value is -2.34. The van der Waals surface area contributed by atoms with Gasteiger partial charge in [0.25, 0.3) is 10.0 Å². The molecule has 5 nitrogen and oxygen atoms in total. The van der Waals surface area contributed by atoms with Gasteiger partial charge in [-0.2, -0.15) is 12.8 Å². The van der Waals surface area contributed by atoms with Crippen LogP contribution in [0.3, 0.4) is 0 Å². The second-order valence-corrected chi connectivity index (χ2v) is 6.00. The van der Waals surface area contributed by atoms with E-state index in [2.05, 4.69) is 4.40 Å². The SMILES string of the molecule is CCOc1cc(/C=N\S(=O)(=O)c2ccccc2)ccc1OC. The third-order valence-corrected chi connectivity index (χ3v) is 4.12. The molecular formula is C16H17NO4S. The van der Waals surface area contributed by atoms with Gasteiger partial charge in [0.15, 0.2) is 11.5 Å². The molecule has 0 aliphatic carbocycles. The van der Waals surface area contributed by atoms with Crippen LogP contribution in [0.1, 0.15) is 12.5 Å². The second-order valence-electron chi connectivity index (χ2n) is 4.37. The van der Waals surface area contributed by atoms with Gasteiger partial charge >= 0.3 is 0 Å². The van der Waals surface area contributed by atoms with Crippen molar-refractivity contribution >= 4 is 16.2 Å². The minimum Gasteiger partial charge on any atom is -0.493 e. The molecule has 0 saturated heterocycles. The highest BCUT2D eigenvalue weighted by atomic mass is 32.2. The zero-order valence-electron chi connectivity index (χ0n) is 12.4. The zero-order chi connectivity index (χ0) is 16.0.